The Kier molecular flexibility index (Phi) is 4.11. The van der Waals surface area contributed by atoms with Gasteiger partial charge in [0, 0.05) is 24.2 Å². The highest BCUT2D eigenvalue weighted by atomic mass is 35.5. The van der Waals surface area contributed by atoms with Crippen LogP contribution in [0, 0.1) is 6.92 Å². The molecule has 0 amide bonds. The van der Waals surface area contributed by atoms with Gasteiger partial charge in [-0.25, -0.2) is 0 Å². The number of hydrogen-bond donors (Lipinski definition) is 0. The summed E-state index contributed by atoms with van der Waals surface area (Å²) < 4.78 is 12.4. The molecule has 0 atom stereocenters. The van der Waals surface area contributed by atoms with Crippen molar-refractivity contribution in [3.05, 3.63) is 47.1 Å². The Morgan fingerprint density at radius 3 is 2.95 bits per heavy atom. The zero-order chi connectivity index (χ0) is 15.5. The summed E-state index contributed by atoms with van der Waals surface area (Å²) in [6, 6.07) is 5.29. The fourth-order valence-electron chi connectivity index (χ4n) is 2.12. The highest BCUT2D eigenvalue weighted by molar-refractivity contribution is 6.30. The number of aryl methyl sites for hydroxylation is 3. The normalized spacial score (nSPS) is 10.9. The third kappa shape index (κ3) is 3.12. The molecule has 3 aromatic rings. The van der Waals surface area contributed by atoms with Gasteiger partial charge in [-0.1, -0.05) is 16.8 Å². The first-order valence-electron chi connectivity index (χ1n) is 6.81. The van der Waals surface area contributed by atoms with E-state index in [-0.39, 0.29) is 0 Å². The molecule has 22 heavy (non-hydrogen) atoms. The molecule has 1 aromatic carbocycles. The summed E-state index contributed by atoms with van der Waals surface area (Å²) in [7, 11) is 1.59. The lowest BCUT2D eigenvalue weighted by atomic mass is 10.2. The topological polar surface area (TPSA) is 66.0 Å². The standard InChI is InChI=1S/C15H15ClN4O2/c1-10-8-17-20(9-10)6-5-14-18-15(19-22-14)12-7-11(16)3-4-13(12)21-2/h3-4,7-9H,5-6H2,1-2H3. The second-order valence-electron chi connectivity index (χ2n) is 4.89. The van der Waals surface area contributed by atoms with E-state index < -0.39 is 0 Å². The van der Waals surface area contributed by atoms with E-state index in [0.29, 0.717) is 41.0 Å². The van der Waals surface area contributed by atoms with Gasteiger partial charge in [-0.2, -0.15) is 10.1 Å². The van der Waals surface area contributed by atoms with Gasteiger partial charge < -0.3 is 9.26 Å². The van der Waals surface area contributed by atoms with Crippen LogP contribution in [-0.4, -0.2) is 27.0 Å². The van der Waals surface area contributed by atoms with E-state index in [4.69, 9.17) is 20.9 Å². The molecule has 0 aliphatic heterocycles. The van der Waals surface area contributed by atoms with Gasteiger partial charge in [0.2, 0.25) is 11.7 Å². The molecule has 0 fully saturated rings. The average Bonchev–Trinajstić information content (AvgIpc) is 3.14. The van der Waals surface area contributed by atoms with Crippen LogP contribution in [0.3, 0.4) is 0 Å². The molecule has 0 N–H and O–H groups in total. The van der Waals surface area contributed by atoms with Crippen molar-refractivity contribution in [1.82, 2.24) is 19.9 Å². The molecule has 6 nitrogen and oxygen atoms in total. The molecule has 0 bridgehead atoms. The van der Waals surface area contributed by atoms with Crippen molar-refractivity contribution in [2.24, 2.45) is 0 Å². The van der Waals surface area contributed by atoms with E-state index in [9.17, 15) is 0 Å². The summed E-state index contributed by atoms with van der Waals surface area (Å²) in [5.74, 6) is 1.66. The molecule has 3 rings (SSSR count). The fraction of sp³-hybridized carbons (Fsp3) is 0.267. The van der Waals surface area contributed by atoms with Crippen LogP contribution in [0.25, 0.3) is 11.4 Å². The summed E-state index contributed by atoms with van der Waals surface area (Å²) in [6.45, 7) is 2.68. The Hall–Kier alpha value is -2.34. The summed E-state index contributed by atoms with van der Waals surface area (Å²) in [6.07, 6.45) is 4.39. The first kappa shape index (κ1) is 14.6. The van der Waals surface area contributed by atoms with Crippen LogP contribution < -0.4 is 4.74 Å². The van der Waals surface area contributed by atoms with Crippen molar-refractivity contribution in [2.45, 2.75) is 19.9 Å². The van der Waals surface area contributed by atoms with Crippen LogP contribution in [0.1, 0.15) is 11.5 Å². The molecule has 114 valence electrons. The summed E-state index contributed by atoms with van der Waals surface area (Å²) in [5, 5.41) is 8.82. The van der Waals surface area contributed by atoms with E-state index in [1.807, 2.05) is 24.0 Å². The van der Waals surface area contributed by atoms with Crippen molar-refractivity contribution in [2.75, 3.05) is 7.11 Å². The average molecular weight is 319 g/mol. The number of nitrogens with zero attached hydrogens (tertiary/aromatic N) is 4. The summed E-state index contributed by atoms with van der Waals surface area (Å²) in [4.78, 5) is 4.39. The van der Waals surface area contributed by atoms with E-state index in [1.54, 1.807) is 25.3 Å². The number of rotatable bonds is 5. The van der Waals surface area contributed by atoms with Crippen LogP contribution in [0.4, 0.5) is 0 Å². The zero-order valence-corrected chi connectivity index (χ0v) is 13.0. The number of hydrogen-bond acceptors (Lipinski definition) is 5. The zero-order valence-electron chi connectivity index (χ0n) is 12.3. The van der Waals surface area contributed by atoms with Gasteiger partial charge in [0.1, 0.15) is 5.75 Å². The third-order valence-electron chi connectivity index (χ3n) is 3.19. The number of aromatic nitrogens is 4. The number of methoxy groups -OCH3 is 1. The van der Waals surface area contributed by atoms with E-state index in [2.05, 4.69) is 15.2 Å². The fourth-order valence-corrected chi connectivity index (χ4v) is 2.29. The van der Waals surface area contributed by atoms with Crippen LogP contribution in [0.15, 0.2) is 35.1 Å². The van der Waals surface area contributed by atoms with Crippen molar-refractivity contribution in [3.63, 3.8) is 0 Å². The molecule has 2 heterocycles. The van der Waals surface area contributed by atoms with Gasteiger partial charge in [0.15, 0.2) is 0 Å². The predicted octanol–water partition coefficient (Wildman–Crippen LogP) is 3.15. The second-order valence-corrected chi connectivity index (χ2v) is 5.32. The third-order valence-corrected chi connectivity index (χ3v) is 3.42. The molecule has 2 aromatic heterocycles. The smallest absolute Gasteiger partial charge is 0.228 e. The lowest BCUT2D eigenvalue weighted by Gasteiger charge is -2.04. The minimum absolute atomic E-state index is 0.464. The Balaban J connectivity index is 1.77. The molecule has 0 saturated heterocycles. The van der Waals surface area contributed by atoms with Gasteiger partial charge in [0.05, 0.1) is 18.9 Å². The quantitative estimate of drug-likeness (QED) is 0.723. The molecule has 0 spiro atoms. The largest absolute Gasteiger partial charge is 0.496 e. The van der Waals surface area contributed by atoms with Crippen molar-refractivity contribution in [3.8, 4) is 17.1 Å². The van der Waals surface area contributed by atoms with E-state index >= 15 is 0 Å². The molecule has 0 aliphatic rings. The summed E-state index contributed by atoms with van der Waals surface area (Å²) >= 11 is 6.02. The monoisotopic (exact) mass is 318 g/mol. The van der Waals surface area contributed by atoms with Crippen molar-refractivity contribution >= 4 is 11.6 Å². The SMILES string of the molecule is COc1ccc(Cl)cc1-c1noc(CCn2cc(C)cn2)n1. The Labute approximate surface area is 132 Å². The molecular weight excluding hydrogens is 304 g/mol. The maximum Gasteiger partial charge on any atom is 0.228 e. The van der Waals surface area contributed by atoms with Crippen molar-refractivity contribution in [1.29, 1.82) is 0 Å². The summed E-state index contributed by atoms with van der Waals surface area (Å²) in [5.41, 5.74) is 1.83. The Morgan fingerprint density at radius 1 is 1.36 bits per heavy atom. The second kappa shape index (κ2) is 6.19. The predicted molar refractivity (Wildman–Crippen MR) is 82.0 cm³/mol. The molecule has 0 saturated carbocycles. The van der Waals surface area contributed by atoms with E-state index in [1.165, 1.54) is 0 Å². The van der Waals surface area contributed by atoms with Crippen LogP contribution in [0.5, 0.6) is 5.75 Å². The number of ether oxygens (including phenoxy) is 1. The van der Waals surface area contributed by atoms with Crippen molar-refractivity contribution < 1.29 is 9.26 Å². The lowest BCUT2D eigenvalue weighted by Crippen LogP contribution is -2.01. The van der Waals surface area contributed by atoms with Gasteiger partial charge in [-0.15, -0.1) is 0 Å². The first-order valence-corrected chi connectivity index (χ1v) is 7.19. The highest BCUT2D eigenvalue weighted by Crippen LogP contribution is 2.30. The Bertz CT molecular complexity index is 781. The van der Waals surface area contributed by atoms with Crippen LogP contribution >= 0.6 is 11.6 Å². The van der Waals surface area contributed by atoms with Crippen LogP contribution in [-0.2, 0) is 13.0 Å². The molecule has 0 aliphatic carbocycles. The maximum absolute atomic E-state index is 6.02. The number of halogens is 1. The van der Waals surface area contributed by atoms with E-state index in [0.717, 1.165) is 5.56 Å². The highest BCUT2D eigenvalue weighted by Gasteiger charge is 2.14. The maximum atomic E-state index is 6.02. The first-order chi connectivity index (χ1) is 10.7. The lowest BCUT2D eigenvalue weighted by molar-refractivity contribution is 0.368. The molecule has 0 radical (unpaired) electrons. The Morgan fingerprint density at radius 2 is 2.23 bits per heavy atom. The molecule has 0 unspecified atom stereocenters. The molecule has 7 heteroatoms. The van der Waals surface area contributed by atoms with Gasteiger partial charge in [-0.05, 0) is 30.7 Å². The minimum atomic E-state index is 0.464. The minimum Gasteiger partial charge on any atom is -0.496 e. The molecular formula is C15H15ClN4O2. The van der Waals surface area contributed by atoms with Gasteiger partial charge in [-0.3, -0.25) is 4.68 Å². The number of benzene rings is 1. The van der Waals surface area contributed by atoms with Gasteiger partial charge >= 0.3 is 0 Å². The van der Waals surface area contributed by atoms with Crippen LogP contribution in [0.2, 0.25) is 5.02 Å². The van der Waals surface area contributed by atoms with Gasteiger partial charge in [0.25, 0.3) is 0 Å².